The number of nitrogens with zero attached hydrogens (tertiary/aromatic N) is 2. The summed E-state index contributed by atoms with van der Waals surface area (Å²) in [5.41, 5.74) is 2.16. The van der Waals surface area contributed by atoms with Crippen LogP contribution in [-0.2, 0) is 6.54 Å². The molecule has 1 aromatic carbocycles. The summed E-state index contributed by atoms with van der Waals surface area (Å²) in [6, 6.07) is 9.40. The number of aromatic nitrogens is 1. The molecular weight excluding hydrogens is 232 g/mol. The Labute approximate surface area is 105 Å². The molecule has 1 N–H and O–H groups in total. The van der Waals surface area contributed by atoms with Gasteiger partial charge in [0.2, 0.25) is 0 Å². The Hall–Kier alpha value is -2.30. The van der Waals surface area contributed by atoms with Gasteiger partial charge in [-0.3, -0.25) is 0 Å². The first-order valence-electron chi connectivity index (χ1n) is 5.53. The molecule has 1 heterocycles. The van der Waals surface area contributed by atoms with Gasteiger partial charge < -0.3 is 14.5 Å². The highest BCUT2D eigenvalue weighted by molar-refractivity contribution is 5.85. The molecular formula is C13H14N2O3. The van der Waals surface area contributed by atoms with E-state index in [1.807, 2.05) is 43.1 Å². The summed E-state index contributed by atoms with van der Waals surface area (Å²) in [7, 11) is 1.92. The lowest BCUT2D eigenvalue weighted by Gasteiger charge is -2.19. The van der Waals surface area contributed by atoms with E-state index in [9.17, 15) is 4.79 Å². The summed E-state index contributed by atoms with van der Waals surface area (Å²) < 4.78 is 4.99. The second kappa shape index (κ2) is 4.91. The van der Waals surface area contributed by atoms with E-state index in [4.69, 9.17) is 9.63 Å². The van der Waals surface area contributed by atoms with Crippen LogP contribution < -0.4 is 4.90 Å². The Morgan fingerprint density at radius 3 is 2.78 bits per heavy atom. The van der Waals surface area contributed by atoms with Crippen molar-refractivity contribution in [2.45, 2.75) is 13.5 Å². The third-order valence-electron chi connectivity index (χ3n) is 2.70. The summed E-state index contributed by atoms with van der Waals surface area (Å²) in [6.45, 7) is 2.50. The fourth-order valence-corrected chi connectivity index (χ4v) is 1.80. The number of rotatable bonds is 4. The van der Waals surface area contributed by atoms with Gasteiger partial charge in [-0.05, 0) is 18.6 Å². The third kappa shape index (κ3) is 2.51. The maximum Gasteiger partial charge on any atom is 0.358 e. The molecule has 2 rings (SSSR count). The summed E-state index contributed by atoms with van der Waals surface area (Å²) in [6.07, 6.45) is 0. The van der Waals surface area contributed by atoms with Crippen molar-refractivity contribution in [3.63, 3.8) is 0 Å². The van der Waals surface area contributed by atoms with E-state index >= 15 is 0 Å². The van der Waals surface area contributed by atoms with Gasteiger partial charge >= 0.3 is 5.97 Å². The highest BCUT2D eigenvalue weighted by Gasteiger charge is 2.13. The predicted molar refractivity (Wildman–Crippen MR) is 66.7 cm³/mol. The van der Waals surface area contributed by atoms with Crippen LogP contribution in [0.25, 0.3) is 0 Å². The molecule has 0 aliphatic rings. The largest absolute Gasteiger partial charge is 0.476 e. The number of hydrogen-bond acceptors (Lipinski definition) is 4. The quantitative estimate of drug-likeness (QED) is 0.896. The van der Waals surface area contributed by atoms with Crippen LogP contribution in [0.4, 0.5) is 5.69 Å². The molecule has 0 aliphatic heterocycles. The summed E-state index contributed by atoms with van der Waals surface area (Å²) in [4.78, 5) is 12.7. The number of hydrogen-bond donors (Lipinski definition) is 1. The SMILES string of the molecule is Cc1ccccc1N(C)Cc1cc(C(=O)O)no1. The zero-order chi connectivity index (χ0) is 13.1. The minimum absolute atomic E-state index is 0.0665. The topological polar surface area (TPSA) is 66.6 Å². The number of carboxylic acids is 1. The monoisotopic (exact) mass is 246 g/mol. The van der Waals surface area contributed by atoms with Crippen molar-refractivity contribution in [1.82, 2.24) is 5.16 Å². The minimum atomic E-state index is -1.08. The molecule has 0 radical (unpaired) electrons. The van der Waals surface area contributed by atoms with E-state index in [0.717, 1.165) is 11.3 Å². The number of anilines is 1. The average Bonchev–Trinajstić information content (AvgIpc) is 2.78. The first-order chi connectivity index (χ1) is 8.58. The zero-order valence-corrected chi connectivity index (χ0v) is 10.3. The smallest absolute Gasteiger partial charge is 0.358 e. The Morgan fingerprint density at radius 1 is 1.44 bits per heavy atom. The van der Waals surface area contributed by atoms with Gasteiger partial charge in [-0.2, -0.15) is 0 Å². The highest BCUT2D eigenvalue weighted by Crippen LogP contribution is 2.20. The van der Waals surface area contributed by atoms with Crippen molar-refractivity contribution in [3.05, 3.63) is 47.3 Å². The molecule has 1 aromatic heterocycles. The van der Waals surface area contributed by atoms with Gasteiger partial charge in [0.25, 0.3) is 0 Å². The maximum absolute atomic E-state index is 10.7. The minimum Gasteiger partial charge on any atom is -0.476 e. The van der Waals surface area contributed by atoms with E-state index in [2.05, 4.69) is 5.16 Å². The van der Waals surface area contributed by atoms with Gasteiger partial charge in [-0.25, -0.2) is 4.79 Å². The van der Waals surface area contributed by atoms with Gasteiger partial charge in [0, 0.05) is 18.8 Å². The molecule has 5 nitrogen and oxygen atoms in total. The number of aromatic carboxylic acids is 1. The summed E-state index contributed by atoms with van der Waals surface area (Å²) >= 11 is 0. The lowest BCUT2D eigenvalue weighted by Crippen LogP contribution is -2.16. The summed E-state index contributed by atoms with van der Waals surface area (Å²) in [5, 5.41) is 12.2. The van der Waals surface area contributed by atoms with Crippen molar-refractivity contribution in [2.75, 3.05) is 11.9 Å². The molecule has 0 bridgehead atoms. The Morgan fingerprint density at radius 2 is 2.17 bits per heavy atom. The molecule has 0 saturated carbocycles. The van der Waals surface area contributed by atoms with Crippen LogP contribution in [-0.4, -0.2) is 23.3 Å². The zero-order valence-electron chi connectivity index (χ0n) is 10.3. The first kappa shape index (κ1) is 12.2. The van der Waals surface area contributed by atoms with E-state index in [0.29, 0.717) is 12.3 Å². The predicted octanol–water partition coefficient (Wildman–Crippen LogP) is 2.32. The lowest BCUT2D eigenvalue weighted by molar-refractivity contribution is 0.0685. The van der Waals surface area contributed by atoms with E-state index in [-0.39, 0.29) is 5.69 Å². The number of carbonyl (C=O) groups is 1. The van der Waals surface area contributed by atoms with Crippen molar-refractivity contribution in [2.24, 2.45) is 0 Å². The van der Waals surface area contributed by atoms with Crippen LogP contribution in [0.1, 0.15) is 21.8 Å². The number of benzene rings is 1. The van der Waals surface area contributed by atoms with Crippen molar-refractivity contribution in [1.29, 1.82) is 0 Å². The molecule has 0 spiro atoms. The molecule has 0 fully saturated rings. The van der Waals surface area contributed by atoms with E-state index < -0.39 is 5.97 Å². The van der Waals surface area contributed by atoms with Crippen LogP contribution in [0.3, 0.4) is 0 Å². The second-order valence-corrected chi connectivity index (χ2v) is 4.13. The molecule has 18 heavy (non-hydrogen) atoms. The van der Waals surface area contributed by atoms with E-state index in [1.165, 1.54) is 6.07 Å². The Kier molecular flexibility index (Phi) is 3.32. The van der Waals surface area contributed by atoms with Crippen LogP contribution in [0, 0.1) is 6.92 Å². The van der Waals surface area contributed by atoms with Gasteiger partial charge in [-0.1, -0.05) is 23.4 Å². The van der Waals surface area contributed by atoms with Gasteiger partial charge in [0.1, 0.15) is 0 Å². The van der Waals surface area contributed by atoms with Gasteiger partial charge in [0.05, 0.1) is 6.54 Å². The van der Waals surface area contributed by atoms with Crippen molar-refractivity contribution < 1.29 is 14.4 Å². The first-order valence-corrected chi connectivity index (χ1v) is 5.53. The van der Waals surface area contributed by atoms with Gasteiger partial charge in [0.15, 0.2) is 11.5 Å². The lowest BCUT2D eigenvalue weighted by atomic mass is 10.2. The fraction of sp³-hybridized carbons (Fsp3) is 0.231. The molecule has 5 heteroatoms. The normalized spacial score (nSPS) is 10.3. The highest BCUT2D eigenvalue weighted by atomic mass is 16.5. The second-order valence-electron chi connectivity index (χ2n) is 4.13. The fourth-order valence-electron chi connectivity index (χ4n) is 1.80. The van der Waals surface area contributed by atoms with Gasteiger partial charge in [-0.15, -0.1) is 0 Å². The number of aryl methyl sites for hydroxylation is 1. The average molecular weight is 246 g/mol. The number of carboxylic acid groups (broad SMARTS) is 1. The van der Waals surface area contributed by atoms with Crippen LogP contribution >= 0.6 is 0 Å². The Balaban J connectivity index is 2.13. The molecule has 0 unspecified atom stereocenters. The number of para-hydroxylation sites is 1. The molecule has 94 valence electrons. The van der Waals surface area contributed by atoms with E-state index in [1.54, 1.807) is 0 Å². The van der Waals surface area contributed by atoms with Crippen molar-refractivity contribution in [3.8, 4) is 0 Å². The molecule has 0 amide bonds. The summed E-state index contributed by atoms with van der Waals surface area (Å²) in [5.74, 6) is -0.554. The molecule has 0 aliphatic carbocycles. The van der Waals surface area contributed by atoms with Crippen LogP contribution in [0.15, 0.2) is 34.9 Å². The van der Waals surface area contributed by atoms with Crippen LogP contribution in [0.5, 0.6) is 0 Å². The van der Waals surface area contributed by atoms with Crippen molar-refractivity contribution >= 4 is 11.7 Å². The molecule has 0 atom stereocenters. The molecule has 2 aromatic rings. The maximum atomic E-state index is 10.7. The molecule has 0 saturated heterocycles. The van der Waals surface area contributed by atoms with Crippen LogP contribution in [0.2, 0.25) is 0 Å². The standard InChI is InChI=1S/C13H14N2O3/c1-9-5-3-4-6-12(9)15(2)8-10-7-11(13(16)17)14-18-10/h3-7H,8H2,1-2H3,(H,16,17). The Bertz CT molecular complexity index is 563. The third-order valence-corrected chi connectivity index (χ3v) is 2.70.